The largest absolute Gasteiger partial charge is 0.378 e. The van der Waals surface area contributed by atoms with Crippen LogP contribution in [0.2, 0.25) is 0 Å². The number of carbonyl (C=O) groups excluding carboxylic acids is 1. The topological polar surface area (TPSA) is 64.4 Å². The number of ether oxygens (including phenoxy) is 1. The number of nitrogens with one attached hydrogen (secondary N) is 1. The quantitative estimate of drug-likeness (QED) is 0.812. The van der Waals surface area contributed by atoms with Gasteiger partial charge in [-0.25, -0.2) is 0 Å². The van der Waals surface area contributed by atoms with Gasteiger partial charge in [0.2, 0.25) is 0 Å². The second-order valence-electron chi connectivity index (χ2n) is 4.77. The molecule has 1 heterocycles. The molecule has 1 saturated heterocycles. The number of nitrogens with two attached hydrogens (primary N) is 1. The molecule has 0 aliphatic carbocycles. The van der Waals surface area contributed by atoms with Gasteiger partial charge in [0.1, 0.15) is 0 Å². The first kappa shape index (κ1) is 14.6. The summed E-state index contributed by atoms with van der Waals surface area (Å²) >= 11 is 0. The van der Waals surface area contributed by atoms with Gasteiger partial charge in [0.25, 0.3) is 5.91 Å². The molecule has 0 bridgehead atoms. The van der Waals surface area contributed by atoms with Gasteiger partial charge in [0.15, 0.2) is 0 Å². The molecular formula is C16H20N2O2. The van der Waals surface area contributed by atoms with Crippen molar-refractivity contribution in [2.24, 2.45) is 5.73 Å². The Hall–Kier alpha value is -1.83. The highest BCUT2D eigenvalue weighted by molar-refractivity contribution is 5.94. The van der Waals surface area contributed by atoms with Crippen LogP contribution in [0.15, 0.2) is 24.3 Å². The lowest BCUT2D eigenvalue weighted by molar-refractivity contribution is 0.0907. The summed E-state index contributed by atoms with van der Waals surface area (Å²) in [7, 11) is 0. The van der Waals surface area contributed by atoms with E-state index in [4.69, 9.17) is 10.5 Å². The van der Waals surface area contributed by atoms with Crippen LogP contribution in [0, 0.1) is 11.8 Å². The van der Waals surface area contributed by atoms with E-state index in [-0.39, 0.29) is 5.91 Å². The van der Waals surface area contributed by atoms with Crippen molar-refractivity contribution >= 4 is 5.91 Å². The Morgan fingerprint density at radius 1 is 1.50 bits per heavy atom. The molecule has 1 fully saturated rings. The van der Waals surface area contributed by atoms with E-state index in [1.807, 2.05) is 12.1 Å². The molecule has 1 amide bonds. The minimum Gasteiger partial charge on any atom is -0.378 e. The molecule has 20 heavy (non-hydrogen) atoms. The fraction of sp³-hybridized carbons (Fsp3) is 0.438. The van der Waals surface area contributed by atoms with Gasteiger partial charge in [-0.05, 0) is 37.5 Å². The number of rotatable bonds is 4. The van der Waals surface area contributed by atoms with Crippen LogP contribution in [0.3, 0.4) is 0 Å². The highest BCUT2D eigenvalue weighted by atomic mass is 16.5. The van der Waals surface area contributed by atoms with Gasteiger partial charge >= 0.3 is 0 Å². The van der Waals surface area contributed by atoms with Crippen molar-refractivity contribution in [1.29, 1.82) is 0 Å². The number of amides is 1. The van der Waals surface area contributed by atoms with Gasteiger partial charge in [-0.1, -0.05) is 17.9 Å². The smallest absolute Gasteiger partial charge is 0.251 e. The molecule has 1 unspecified atom stereocenters. The van der Waals surface area contributed by atoms with Gasteiger partial charge in [-0.3, -0.25) is 4.79 Å². The molecule has 0 aromatic heterocycles. The fourth-order valence-corrected chi connectivity index (χ4v) is 2.21. The maximum atomic E-state index is 12.0. The minimum absolute atomic E-state index is 0.0700. The highest BCUT2D eigenvalue weighted by Gasteiger charge is 2.15. The van der Waals surface area contributed by atoms with Crippen molar-refractivity contribution in [3.8, 4) is 11.8 Å². The van der Waals surface area contributed by atoms with Gasteiger partial charge in [0.05, 0.1) is 12.6 Å². The van der Waals surface area contributed by atoms with Crippen LogP contribution in [-0.2, 0) is 4.74 Å². The molecule has 106 valence electrons. The van der Waals surface area contributed by atoms with E-state index >= 15 is 0 Å². The van der Waals surface area contributed by atoms with Gasteiger partial charge in [0, 0.05) is 24.3 Å². The van der Waals surface area contributed by atoms with E-state index < -0.39 is 0 Å². The SMILES string of the molecule is NCC#Cc1cccc(C(=O)NCCC2CCCO2)c1. The van der Waals surface area contributed by atoms with E-state index in [0.29, 0.717) is 24.8 Å². The van der Waals surface area contributed by atoms with Crippen LogP contribution in [0.4, 0.5) is 0 Å². The molecule has 1 atom stereocenters. The third-order valence-corrected chi connectivity index (χ3v) is 3.24. The summed E-state index contributed by atoms with van der Waals surface area (Å²) < 4.78 is 5.52. The standard InChI is InChI=1S/C16H20N2O2/c17-9-2-5-13-4-1-6-14(12-13)16(19)18-10-8-15-7-3-11-20-15/h1,4,6,12,15H,3,7-11,17H2,(H,18,19). The van der Waals surface area contributed by atoms with E-state index in [9.17, 15) is 4.79 Å². The molecule has 0 radical (unpaired) electrons. The molecule has 1 aliphatic rings. The summed E-state index contributed by atoms with van der Waals surface area (Å²) in [5.74, 6) is 5.64. The Labute approximate surface area is 119 Å². The lowest BCUT2D eigenvalue weighted by Crippen LogP contribution is -2.27. The molecule has 4 heteroatoms. The van der Waals surface area contributed by atoms with Crippen molar-refractivity contribution in [2.45, 2.75) is 25.4 Å². The summed E-state index contributed by atoms with van der Waals surface area (Å²) in [6.07, 6.45) is 3.40. The van der Waals surface area contributed by atoms with Crippen LogP contribution >= 0.6 is 0 Å². The molecule has 3 N–H and O–H groups in total. The average molecular weight is 272 g/mol. The van der Waals surface area contributed by atoms with Crippen molar-refractivity contribution in [3.63, 3.8) is 0 Å². The van der Waals surface area contributed by atoms with Gasteiger partial charge < -0.3 is 15.8 Å². The zero-order chi connectivity index (χ0) is 14.2. The second kappa shape index (κ2) is 7.68. The van der Waals surface area contributed by atoms with Crippen LogP contribution in [0.5, 0.6) is 0 Å². The summed E-state index contributed by atoms with van der Waals surface area (Å²) in [5.41, 5.74) is 6.77. The highest BCUT2D eigenvalue weighted by Crippen LogP contribution is 2.14. The lowest BCUT2D eigenvalue weighted by atomic mass is 10.1. The Balaban J connectivity index is 1.85. The predicted octanol–water partition coefficient (Wildman–Crippen LogP) is 1.30. The average Bonchev–Trinajstić information content (AvgIpc) is 2.98. The Morgan fingerprint density at radius 2 is 2.40 bits per heavy atom. The van der Waals surface area contributed by atoms with Crippen LogP contribution in [0.1, 0.15) is 35.2 Å². The maximum Gasteiger partial charge on any atom is 0.251 e. The van der Waals surface area contributed by atoms with Crippen molar-refractivity contribution in [3.05, 3.63) is 35.4 Å². The Kier molecular flexibility index (Phi) is 5.60. The lowest BCUT2D eigenvalue weighted by Gasteiger charge is -2.10. The zero-order valence-corrected chi connectivity index (χ0v) is 11.5. The molecule has 4 nitrogen and oxygen atoms in total. The second-order valence-corrected chi connectivity index (χ2v) is 4.77. The normalized spacial score (nSPS) is 17.4. The van der Waals surface area contributed by atoms with E-state index in [2.05, 4.69) is 17.2 Å². The Morgan fingerprint density at radius 3 is 3.15 bits per heavy atom. The summed E-state index contributed by atoms with van der Waals surface area (Å²) in [6.45, 7) is 1.81. The first-order valence-corrected chi connectivity index (χ1v) is 6.98. The number of hydrogen-bond donors (Lipinski definition) is 2. The summed E-state index contributed by atoms with van der Waals surface area (Å²) in [4.78, 5) is 12.0. The van der Waals surface area contributed by atoms with E-state index in [0.717, 1.165) is 31.4 Å². The van der Waals surface area contributed by atoms with Crippen LogP contribution in [0.25, 0.3) is 0 Å². The number of carbonyl (C=O) groups is 1. The van der Waals surface area contributed by atoms with Crippen LogP contribution in [-0.4, -0.2) is 31.7 Å². The third-order valence-electron chi connectivity index (χ3n) is 3.24. The van der Waals surface area contributed by atoms with Crippen LogP contribution < -0.4 is 11.1 Å². The fourth-order valence-electron chi connectivity index (χ4n) is 2.21. The minimum atomic E-state index is -0.0700. The molecule has 1 aromatic rings. The van der Waals surface area contributed by atoms with Crippen molar-refractivity contribution in [1.82, 2.24) is 5.32 Å². The molecule has 0 saturated carbocycles. The number of benzene rings is 1. The molecule has 1 aliphatic heterocycles. The van der Waals surface area contributed by atoms with E-state index in [1.165, 1.54) is 0 Å². The summed E-state index contributed by atoms with van der Waals surface area (Å²) in [5, 5.41) is 2.92. The third kappa shape index (κ3) is 4.37. The number of hydrogen-bond acceptors (Lipinski definition) is 3. The molecule has 1 aromatic carbocycles. The molecule has 2 rings (SSSR count). The zero-order valence-electron chi connectivity index (χ0n) is 11.5. The first-order valence-electron chi connectivity index (χ1n) is 6.98. The summed E-state index contributed by atoms with van der Waals surface area (Å²) in [6, 6.07) is 7.26. The molecular weight excluding hydrogens is 252 g/mol. The maximum absolute atomic E-state index is 12.0. The van der Waals surface area contributed by atoms with Crippen molar-refractivity contribution < 1.29 is 9.53 Å². The Bertz CT molecular complexity index is 511. The van der Waals surface area contributed by atoms with Crippen molar-refractivity contribution in [2.75, 3.05) is 19.7 Å². The predicted molar refractivity (Wildman–Crippen MR) is 78.3 cm³/mol. The van der Waals surface area contributed by atoms with E-state index in [1.54, 1.807) is 12.1 Å². The molecule has 0 spiro atoms. The first-order chi connectivity index (χ1) is 9.79. The van der Waals surface area contributed by atoms with Gasteiger partial charge in [-0.15, -0.1) is 0 Å². The monoisotopic (exact) mass is 272 g/mol. The van der Waals surface area contributed by atoms with Gasteiger partial charge in [-0.2, -0.15) is 0 Å².